The Morgan fingerprint density at radius 1 is 1.45 bits per heavy atom. The van der Waals surface area contributed by atoms with E-state index in [1.165, 1.54) is 0 Å². The van der Waals surface area contributed by atoms with Gasteiger partial charge in [-0.2, -0.15) is 13.2 Å². The third kappa shape index (κ3) is 4.37. The highest BCUT2D eigenvalue weighted by atomic mass is 19.4. The van der Waals surface area contributed by atoms with Crippen molar-refractivity contribution < 1.29 is 22.8 Å². The molecule has 0 saturated carbocycles. The summed E-state index contributed by atoms with van der Waals surface area (Å²) < 4.78 is 42.8. The quantitative estimate of drug-likeness (QED) is 0.644. The molecule has 0 fully saturated rings. The van der Waals surface area contributed by atoms with Crippen LogP contribution in [-0.4, -0.2) is 24.2 Å². The van der Waals surface area contributed by atoms with Gasteiger partial charge in [-0.1, -0.05) is 0 Å². The van der Waals surface area contributed by atoms with E-state index in [4.69, 9.17) is 4.74 Å². The van der Waals surface area contributed by atoms with Gasteiger partial charge in [0.05, 0.1) is 16.6 Å². The third-order valence-electron chi connectivity index (χ3n) is 2.55. The van der Waals surface area contributed by atoms with Crippen LogP contribution in [0.5, 0.6) is 0 Å². The van der Waals surface area contributed by atoms with Crippen molar-refractivity contribution in [2.45, 2.75) is 26.1 Å². The molecule has 1 unspecified atom stereocenters. The molecular weight excluding hydrogens is 277 g/mol. The van der Waals surface area contributed by atoms with Gasteiger partial charge in [-0.15, -0.1) is 0 Å². The highest BCUT2D eigenvalue weighted by Crippen LogP contribution is 2.34. The largest absolute Gasteiger partial charge is 0.416 e. The monoisotopic (exact) mass is 292 g/mol. The van der Waals surface area contributed by atoms with Crippen LogP contribution in [0, 0.1) is 10.1 Å². The number of hydrogen-bond acceptors (Lipinski definition) is 4. The molecule has 20 heavy (non-hydrogen) atoms. The van der Waals surface area contributed by atoms with E-state index in [1.54, 1.807) is 13.8 Å². The van der Waals surface area contributed by atoms with Crippen molar-refractivity contribution >= 4 is 11.4 Å². The fourth-order valence-corrected chi connectivity index (χ4v) is 1.61. The molecule has 1 aromatic rings. The minimum absolute atomic E-state index is 0.0366. The van der Waals surface area contributed by atoms with Gasteiger partial charge in [0.1, 0.15) is 5.69 Å². The fraction of sp³-hybridized carbons (Fsp3) is 0.500. The first-order valence-electron chi connectivity index (χ1n) is 5.96. The number of benzene rings is 1. The molecule has 0 aliphatic carbocycles. The fourth-order valence-electron chi connectivity index (χ4n) is 1.61. The summed E-state index contributed by atoms with van der Waals surface area (Å²) in [6.07, 6.45) is -4.82. The van der Waals surface area contributed by atoms with E-state index in [0.717, 1.165) is 12.1 Å². The average molecular weight is 292 g/mol. The molecule has 0 heterocycles. The van der Waals surface area contributed by atoms with E-state index in [1.807, 2.05) is 0 Å². The summed E-state index contributed by atoms with van der Waals surface area (Å²) in [7, 11) is 0. The minimum Gasteiger partial charge on any atom is -0.377 e. The second-order valence-corrected chi connectivity index (χ2v) is 4.13. The molecule has 1 rings (SSSR count). The van der Waals surface area contributed by atoms with Crippen molar-refractivity contribution in [1.29, 1.82) is 0 Å². The molecule has 0 aliphatic heterocycles. The summed E-state index contributed by atoms with van der Waals surface area (Å²) in [5.41, 5.74) is -1.62. The van der Waals surface area contributed by atoms with Crippen LogP contribution in [0.15, 0.2) is 18.2 Å². The lowest BCUT2D eigenvalue weighted by molar-refractivity contribution is -0.384. The first-order chi connectivity index (χ1) is 9.25. The average Bonchev–Trinajstić information content (AvgIpc) is 2.35. The molecular formula is C12H15F3N2O3. The molecule has 1 N–H and O–H groups in total. The molecule has 5 nitrogen and oxygen atoms in total. The number of rotatable bonds is 6. The topological polar surface area (TPSA) is 64.4 Å². The highest BCUT2D eigenvalue weighted by Gasteiger charge is 2.33. The molecule has 0 spiro atoms. The van der Waals surface area contributed by atoms with Crippen LogP contribution in [0.4, 0.5) is 24.5 Å². The second-order valence-electron chi connectivity index (χ2n) is 4.13. The van der Waals surface area contributed by atoms with Crippen LogP contribution in [0.2, 0.25) is 0 Å². The maximum Gasteiger partial charge on any atom is 0.416 e. The molecule has 0 aromatic heterocycles. The van der Waals surface area contributed by atoms with Gasteiger partial charge in [0.15, 0.2) is 0 Å². The van der Waals surface area contributed by atoms with Crippen molar-refractivity contribution in [2.75, 3.05) is 18.5 Å². The third-order valence-corrected chi connectivity index (χ3v) is 2.55. The molecule has 0 aliphatic rings. The van der Waals surface area contributed by atoms with Crippen molar-refractivity contribution in [3.8, 4) is 0 Å². The first-order valence-corrected chi connectivity index (χ1v) is 5.96. The number of nitrogens with one attached hydrogen (secondary N) is 1. The van der Waals surface area contributed by atoms with Crippen LogP contribution in [-0.2, 0) is 10.9 Å². The van der Waals surface area contributed by atoms with Crippen LogP contribution >= 0.6 is 0 Å². The standard InChI is InChI=1S/C12H15F3N2O3/c1-3-20-8(2)7-16-10-5-4-9(12(13,14)15)6-11(10)17(18)19/h4-6,8,16H,3,7H2,1-2H3. The summed E-state index contributed by atoms with van der Waals surface area (Å²) in [6, 6.07) is 2.38. The van der Waals surface area contributed by atoms with Crippen molar-refractivity contribution in [3.63, 3.8) is 0 Å². The summed E-state index contributed by atoms with van der Waals surface area (Å²) in [5, 5.41) is 13.6. The predicted molar refractivity (Wildman–Crippen MR) is 67.7 cm³/mol. The van der Waals surface area contributed by atoms with Gasteiger partial charge < -0.3 is 10.1 Å². The zero-order valence-electron chi connectivity index (χ0n) is 11.0. The zero-order chi connectivity index (χ0) is 15.3. The number of nitrogens with zero attached hydrogens (tertiary/aromatic N) is 1. The Labute approximate surface area is 113 Å². The van der Waals surface area contributed by atoms with E-state index in [0.29, 0.717) is 12.7 Å². The molecule has 112 valence electrons. The molecule has 0 amide bonds. The SMILES string of the molecule is CCOC(C)CNc1ccc(C(F)(F)F)cc1[N+](=O)[O-]. The number of nitro benzene ring substituents is 1. The second kappa shape index (κ2) is 6.56. The summed E-state index contributed by atoms with van der Waals surface area (Å²) in [5.74, 6) is 0. The number of halogens is 3. The Morgan fingerprint density at radius 2 is 2.10 bits per heavy atom. The summed E-state index contributed by atoms with van der Waals surface area (Å²) in [6.45, 7) is 4.31. The van der Waals surface area contributed by atoms with Crippen molar-refractivity contribution in [3.05, 3.63) is 33.9 Å². The highest BCUT2D eigenvalue weighted by molar-refractivity contribution is 5.63. The van der Waals surface area contributed by atoms with Gasteiger partial charge in [0, 0.05) is 19.2 Å². The van der Waals surface area contributed by atoms with Crippen LogP contribution in [0.1, 0.15) is 19.4 Å². The number of ether oxygens (including phenoxy) is 1. The van der Waals surface area contributed by atoms with Gasteiger partial charge in [-0.3, -0.25) is 10.1 Å². The number of alkyl halides is 3. The van der Waals surface area contributed by atoms with Crippen LogP contribution in [0.3, 0.4) is 0 Å². The maximum atomic E-state index is 12.5. The Kier molecular flexibility index (Phi) is 5.32. The molecule has 1 aromatic carbocycles. The predicted octanol–water partition coefficient (Wildman–Crippen LogP) is 3.45. The van der Waals surface area contributed by atoms with Gasteiger partial charge in [0.25, 0.3) is 5.69 Å². The molecule has 0 radical (unpaired) electrons. The smallest absolute Gasteiger partial charge is 0.377 e. The van der Waals surface area contributed by atoms with Crippen molar-refractivity contribution in [1.82, 2.24) is 0 Å². The maximum absolute atomic E-state index is 12.5. The minimum atomic E-state index is -4.61. The number of nitro groups is 1. The zero-order valence-corrected chi connectivity index (χ0v) is 11.0. The Hall–Kier alpha value is -1.83. The Bertz CT molecular complexity index is 478. The van der Waals surface area contributed by atoms with Crippen LogP contribution in [0.25, 0.3) is 0 Å². The molecule has 1 atom stereocenters. The molecule has 0 bridgehead atoms. The van der Waals surface area contributed by atoms with E-state index < -0.39 is 22.4 Å². The normalized spacial score (nSPS) is 13.1. The van der Waals surface area contributed by atoms with Gasteiger partial charge in [-0.05, 0) is 26.0 Å². The van der Waals surface area contributed by atoms with E-state index in [9.17, 15) is 23.3 Å². The van der Waals surface area contributed by atoms with Gasteiger partial charge in [0.2, 0.25) is 0 Å². The number of anilines is 1. The first kappa shape index (κ1) is 16.2. The van der Waals surface area contributed by atoms with E-state index in [-0.39, 0.29) is 18.3 Å². The molecule has 0 saturated heterocycles. The van der Waals surface area contributed by atoms with Gasteiger partial charge >= 0.3 is 6.18 Å². The lowest BCUT2D eigenvalue weighted by atomic mass is 10.1. The number of hydrogen-bond donors (Lipinski definition) is 1. The Balaban J connectivity index is 2.94. The Morgan fingerprint density at radius 3 is 2.60 bits per heavy atom. The lowest BCUT2D eigenvalue weighted by Gasteiger charge is -2.14. The van der Waals surface area contributed by atoms with E-state index in [2.05, 4.69) is 5.32 Å². The summed E-state index contributed by atoms with van der Waals surface area (Å²) in [4.78, 5) is 9.99. The molecule has 8 heteroatoms. The van der Waals surface area contributed by atoms with Crippen LogP contribution < -0.4 is 5.32 Å². The van der Waals surface area contributed by atoms with Crippen molar-refractivity contribution in [2.24, 2.45) is 0 Å². The van der Waals surface area contributed by atoms with Gasteiger partial charge in [-0.25, -0.2) is 0 Å². The lowest BCUT2D eigenvalue weighted by Crippen LogP contribution is -2.20. The summed E-state index contributed by atoms with van der Waals surface area (Å²) >= 11 is 0. The van der Waals surface area contributed by atoms with E-state index >= 15 is 0 Å².